The van der Waals surface area contributed by atoms with Crippen molar-refractivity contribution < 1.29 is 9.59 Å². The van der Waals surface area contributed by atoms with Gasteiger partial charge in [-0.1, -0.05) is 36.0 Å². The largest absolute Gasteiger partial charge is 0.366 e. The number of carbonyl (C=O) groups is 2. The summed E-state index contributed by atoms with van der Waals surface area (Å²) in [7, 11) is 0. The van der Waals surface area contributed by atoms with E-state index in [1.165, 1.54) is 11.3 Å². The molecule has 0 radical (unpaired) electrons. The van der Waals surface area contributed by atoms with E-state index in [0.717, 1.165) is 28.6 Å². The zero-order valence-corrected chi connectivity index (χ0v) is 19.0. The molecular weight excluding hydrogens is 444 g/mol. The summed E-state index contributed by atoms with van der Waals surface area (Å²) in [5.41, 5.74) is 8.72. The third kappa shape index (κ3) is 4.17. The number of nitrogens with two attached hydrogens (primary N) is 1. The summed E-state index contributed by atoms with van der Waals surface area (Å²) >= 11 is 2.38. The predicted molar refractivity (Wildman–Crippen MR) is 129 cm³/mol. The Balaban J connectivity index is 1.71. The molecule has 2 aromatic heterocycles. The number of rotatable bonds is 6. The Labute approximate surface area is 192 Å². The van der Waals surface area contributed by atoms with Gasteiger partial charge in [0.1, 0.15) is 5.00 Å². The lowest BCUT2D eigenvalue weighted by atomic mass is 10.1. The van der Waals surface area contributed by atoms with Crippen molar-refractivity contribution in [2.24, 2.45) is 5.73 Å². The lowest BCUT2D eigenvalue weighted by molar-refractivity contribution is -0.113. The molecule has 32 heavy (non-hydrogen) atoms. The maximum absolute atomic E-state index is 13.4. The van der Waals surface area contributed by atoms with E-state index < -0.39 is 5.91 Å². The number of thioether (sulfide) groups is 1. The lowest BCUT2D eigenvalue weighted by Crippen LogP contribution is -2.24. The van der Waals surface area contributed by atoms with Crippen LogP contribution in [0.25, 0.3) is 16.6 Å². The standard InChI is InChI=1S/C23H20N4O3S2/c1-13-6-5-9-18(14(13)2)27-22(30)15-7-3-4-8-17(15)25-23(27)32-12-19(28)26-21-16(20(24)29)10-11-31-21/h3-11H,12H2,1-2H3,(H2,24,29)(H,26,28). The van der Waals surface area contributed by atoms with Gasteiger partial charge in [-0.05, 0) is 54.6 Å². The quantitative estimate of drug-likeness (QED) is 0.332. The van der Waals surface area contributed by atoms with E-state index in [4.69, 9.17) is 5.73 Å². The Hall–Kier alpha value is -3.43. The monoisotopic (exact) mass is 464 g/mol. The number of amides is 2. The van der Waals surface area contributed by atoms with Gasteiger partial charge in [-0.25, -0.2) is 4.98 Å². The maximum atomic E-state index is 13.4. The van der Waals surface area contributed by atoms with Crippen molar-refractivity contribution in [3.63, 3.8) is 0 Å². The third-order valence-electron chi connectivity index (χ3n) is 5.08. The fourth-order valence-corrected chi connectivity index (χ4v) is 4.91. The lowest BCUT2D eigenvalue weighted by Gasteiger charge is -2.16. The van der Waals surface area contributed by atoms with Crippen LogP contribution in [0, 0.1) is 13.8 Å². The molecule has 3 N–H and O–H groups in total. The molecule has 2 heterocycles. The molecule has 0 atom stereocenters. The molecule has 4 rings (SSSR count). The van der Waals surface area contributed by atoms with E-state index in [9.17, 15) is 14.4 Å². The fraction of sp³-hybridized carbons (Fsp3) is 0.130. The van der Waals surface area contributed by atoms with Crippen LogP contribution in [0.2, 0.25) is 0 Å². The highest BCUT2D eigenvalue weighted by Gasteiger charge is 2.18. The second kappa shape index (κ2) is 8.97. The third-order valence-corrected chi connectivity index (χ3v) is 6.85. The average Bonchev–Trinajstić information content (AvgIpc) is 3.23. The summed E-state index contributed by atoms with van der Waals surface area (Å²) < 4.78 is 1.56. The number of fused-ring (bicyclic) bond motifs is 1. The highest BCUT2D eigenvalue weighted by molar-refractivity contribution is 7.99. The van der Waals surface area contributed by atoms with Crippen LogP contribution in [0.15, 0.2) is 63.9 Å². The van der Waals surface area contributed by atoms with Crippen molar-refractivity contribution in [1.82, 2.24) is 9.55 Å². The van der Waals surface area contributed by atoms with E-state index >= 15 is 0 Å². The van der Waals surface area contributed by atoms with Gasteiger partial charge in [0.05, 0.1) is 27.9 Å². The topological polar surface area (TPSA) is 107 Å². The van der Waals surface area contributed by atoms with E-state index in [2.05, 4.69) is 10.3 Å². The molecule has 0 aliphatic heterocycles. The first kappa shape index (κ1) is 21.8. The van der Waals surface area contributed by atoms with E-state index in [0.29, 0.717) is 21.1 Å². The first-order chi connectivity index (χ1) is 15.4. The minimum atomic E-state index is -0.603. The molecule has 0 saturated heterocycles. The highest BCUT2D eigenvalue weighted by Crippen LogP contribution is 2.26. The van der Waals surface area contributed by atoms with Gasteiger partial charge in [0.15, 0.2) is 5.16 Å². The number of hydrogen-bond acceptors (Lipinski definition) is 6. The Kier molecular flexibility index (Phi) is 6.11. The summed E-state index contributed by atoms with van der Waals surface area (Å²) in [5.74, 6) is -0.921. The predicted octanol–water partition coefficient (Wildman–Crippen LogP) is 3.89. The van der Waals surface area contributed by atoms with Crippen LogP contribution in [0.1, 0.15) is 21.5 Å². The molecule has 0 aliphatic rings. The number of aryl methyl sites for hydroxylation is 1. The molecule has 7 nitrogen and oxygen atoms in total. The van der Waals surface area contributed by atoms with Gasteiger partial charge in [-0.3, -0.25) is 19.0 Å². The van der Waals surface area contributed by atoms with Crippen LogP contribution in [0.4, 0.5) is 5.00 Å². The van der Waals surface area contributed by atoms with Gasteiger partial charge in [-0.2, -0.15) is 0 Å². The minimum absolute atomic E-state index is 0.00570. The number of hydrogen-bond donors (Lipinski definition) is 2. The van der Waals surface area contributed by atoms with Crippen molar-refractivity contribution in [1.29, 1.82) is 0 Å². The number of aromatic nitrogens is 2. The number of thiophene rings is 1. The molecule has 2 aromatic carbocycles. The Morgan fingerprint density at radius 3 is 2.69 bits per heavy atom. The molecule has 0 aliphatic carbocycles. The number of nitrogens with zero attached hydrogens (tertiary/aromatic N) is 2. The smallest absolute Gasteiger partial charge is 0.266 e. The van der Waals surface area contributed by atoms with Gasteiger partial charge in [-0.15, -0.1) is 11.3 Å². The number of primary amides is 1. The van der Waals surface area contributed by atoms with Crippen molar-refractivity contribution >= 4 is 50.8 Å². The number of anilines is 1. The number of benzene rings is 2. The molecule has 0 bridgehead atoms. The van der Waals surface area contributed by atoms with Crippen LogP contribution in [-0.2, 0) is 4.79 Å². The second-order valence-corrected chi connectivity index (χ2v) is 8.99. The summed E-state index contributed by atoms with van der Waals surface area (Å²) in [4.78, 5) is 42.1. The number of nitrogens with one attached hydrogen (secondary N) is 1. The van der Waals surface area contributed by atoms with Crippen LogP contribution >= 0.6 is 23.1 Å². The SMILES string of the molecule is Cc1cccc(-n2c(SCC(=O)Nc3sccc3C(N)=O)nc3ccccc3c2=O)c1C. The summed E-state index contributed by atoms with van der Waals surface area (Å²) in [6.07, 6.45) is 0. The molecule has 9 heteroatoms. The van der Waals surface area contributed by atoms with Crippen molar-refractivity contribution in [2.45, 2.75) is 19.0 Å². The Morgan fingerprint density at radius 2 is 1.91 bits per heavy atom. The molecule has 4 aromatic rings. The Bertz CT molecular complexity index is 1410. The van der Waals surface area contributed by atoms with Gasteiger partial charge >= 0.3 is 0 Å². The zero-order chi connectivity index (χ0) is 22.8. The summed E-state index contributed by atoms with van der Waals surface area (Å²) in [6.45, 7) is 3.94. The summed E-state index contributed by atoms with van der Waals surface area (Å²) in [6, 6.07) is 14.5. The normalized spacial score (nSPS) is 10.9. The first-order valence-corrected chi connectivity index (χ1v) is 11.6. The van der Waals surface area contributed by atoms with Crippen LogP contribution < -0.4 is 16.6 Å². The van der Waals surface area contributed by atoms with Crippen LogP contribution in [0.3, 0.4) is 0 Å². The number of carbonyl (C=O) groups excluding carboxylic acids is 2. The van der Waals surface area contributed by atoms with E-state index in [-0.39, 0.29) is 22.8 Å². The van der Waals surface area contributed by atoms with Gasteiger partial charge in [0.25, 0.3) is 11.5 Å². The molecule has 0 spiro atoms. The van der Waals surface area contributed by atoms with Crippen LogP contribution in [0.5, 0.6) is 0 Å². The minimum Gasteiger partial charge on any atom is -0.366 e. The van der Waals surface area contributed by atoms with Crippen molar-refractivity contribution in [3.8, 4) is 5.69 Å². The highest BCUT2D eigenvalue weighted by atomic mass is 32.2. The van der Waals surface area contributed by atoms with Crippen molar-refractivity contribution in [2.75, 3.05) is 11.1 Å². The Morgan fingerprint density at radius 1 is 1.12 bits per heavy atom. The van der Waals surface area contributed by atoms with Gasteiger partial charge < -0.3 is 11.1 Å². The average molecular weight is 465 g/mol. The molecular formula is C23H20N4O3S2. The molecule has 2 amide bonds. The molecule has 0 fully saturated rings. The first-order valence-electron chi connectivity index (χ1n) is 9.75. The van der Waals surface area contributed by atoms with E-state index in [1.54, 1.807) is 34.2 Å². The summed E-state index contributed by atoms with van der Waals surface area (Å²) in [5, 5.41) is 5.73. The van der Waals surface area contributed by atoms with Crippen LogP contribution in [-0.4, -0.2) is 27.1 Å². The second-order valence-electron chi connectivity index (χ2n) is 7.14. The van der Waals surface area contributed by atoms with Gasteiger partial charge in [0, 0.05) is 0 Å². The molecule has 162 valence electrons. The van der Waals surface area contributed by atoms with Gasteiger partial charge in [0.2, 0.25) is 5.91 Å². The fourth-order valence-electron chi connectivity index (χ4n) is 3.29. The van der Waals surface area contributed by atoms with E-state index in [1.807, 2.05) is 38.1 Å². The van der Waals surface area contributed by atoms with Crippen molar-refractivity contribution in [3.05, 3.63) is 81.0 Å². The molecule has 0 unspecified atom stereocenters. The zero-order valence-electron chi connectivity index (χ0n) is 17.4. The molecule has 0 saturated carbocycles. The maximum Gasteiger partial charge on any atom is 0.266 e. The number of para-hydroxylation sites is 1.